The Labute approximate surface area is 85.1 Å². The molecule has 0 unspecified atom stereocenters. The van der Waals surface area contributed by atoms with E-state index < -0.39 is 0 Å². The smallest absolute Gasteiger partial charge is 0.0471 e. The van der Waals surface area contributed by atoms with Crippen molar-refractivity contribution in [1.29, 1.82) is 0 Å². The van der Waals surface area contributed by atoms with E-state index in [2.05, 4.69) is 24.3 Å². The van der Waals surface area contributed by atoms with E-state index in [-0.39, 0.29) is 0 Å². The summed E-state index contributed by atoms with van der Waals surface area (Å²) in [4.78, 5) is 0. The normalized spacial score (nSPS) is 18.4. The van der Waals surface area contributed by atoms with Crippen LogP contribution in [0.4, 0.5) is 0 Å². The molecule has 0 amide bonds. The van der Waals surface area contributed by atoms with E-state index in [4.69, 9.17) is 10.5 Å². The third-order valence-electron chi connectivity index (χ3n) is 2.91. The molecule has 1 saturated heterocycles. The van der Waals surface area contributed by atoms with Crippen LogP contribution in [0.15, 0.2) is 24.3 Å². The molecule has 0 aliphatic carbocycles. The number of hydrogen-bond acceptors (Lipinski definition) is 2. The molecule has 1 aliphatic rings. The van der Waals surface area contributed by atoms with Gasteiger partial charge < -0.3 is 10.5 Å². The van der Waals surface area contributed by atoms with Crippen LogP contribution in [0.25, 0.3) is 0 Å². The topological polar surface area (TPSA) is 35.2 Å². The largest absolute Gasteiger partial charge is 0.381 e. The monoisotopic (exact) mass is 191 g/mol. The number of benzene rings is 1. The standard InChI is InChI=1S/C12H17NO/c13-9-10-1-3-11(4-2-10)12-5-7-14-8-6-12/h1-4,12H,5-9,13H2. The molecule has 0 spiro atoms. The maximum absolute atomic E-state index is 5.56. The molecular weight excluding hydrogens is 174 g/mol. The van der Waals surface area contributed by atoms with E-state index in [0.29, 0.717) is 12.5 Å². The van der Waals surface area contributed by atoms with E-state index in [1.165, 1.54) is 11.1 Å². The van der Waals surface area contributed by atoms with Crippen LogP contribution in [0.1, 0.15) is 29.9 Å². The molecule has 1 aromatic carbocycles. The average Bonchev–Trinajstić information content (AvgIpc) is 2.30. The first-order chi connectivity index (χ1) is 6.90. The minimum absolute atomic E-state index is 0.633. The van der Waals surface area contributed by atoms with Crippen molar-refractivity contribution in [2.45, 2.75) is 25.3 Å². The molecule has 1 fully saturated rings. The van der Waals surface area contributed by atoms with Crippen LogP contribution in [0, 0.1) is 0 Å². The van der Waals surface area contributed by atoms with Crippen LogP contribution in [0.5, 0.6) is 0 Å². The molecule has 2 heteroatoms. The van der Waals surface area contributed by atoms with Crippen molar-refractivity contribution < 1.29 is 4.74 Å². The fourth-order valence-corrected chi connectivity index (χ4v) is 1.96. The number of ether oxygens (including phenoxy) is 1. The summed E-state index contributed by atoms with van der Waals surface area (Å²) < 4.78 is 5.35. The number of rotatable bonds is 2. The van der Waals surface area contributed by atoms with Gasteiger partial charge in [-0.15, -0.1) is 0 Å². The zero-order valence-electron chi connectivity index (χ0n) is 8.41. The SMILES string of the molecule is NCc1ccc(C2CCOCC2)cc1. The Kier molecular flexibility index (Phi) is 3.17. The molecule has 0 atom stereocenters. The summed E-state index contributed by atoms with van der Waals surface area (Å²) in [5.41, 5.74) is 8.20. The Morgan fingerprint density at radius 3 is 2.36 bits per heavy atom. The van der Waals surface area contributed by atoms with E-state index >= 15 is 0 Å². The first-order valence-electron chi connectivity index (χ1n) is 5.27. The van der Waals surface area contributed by atoms with E-state index in [1.807, 2.05) is 0 Å². The number of nitrogens with two attached hydrogens (primary N) is 1. The summed E-state index contributed by atoms with van der Waals surface area (Å²) in [6, 6.07) is 8.67. The van der Waals surface area contributed by atoms with Crippen molar-refractivity contribution in [1.82, 2.24) is 0 Å². The maximum Gasteiger partial charge on any atom is 0.0471 e. The second-order valence-corrected chi connectivity index (χ2v) is 3.83. The van der Waals surface area contributed by atoms with Gasteiger partial charge in [-0.25, -0.2) is 0 Å². The van der Waals surface area contributed by atoms with Crippen molar-refractivity contribution in [3.8, 4) is 0 Å². The highest BCUT2D eigenvalue weighted by molar-refractivity contribution is 5.25. The molecule has 2 nitrogen and oxygen atoms in total. The molecular formula is C12H17NO. The zero-order valence-corrected chi connectivity index (χ0v) is 8.41. The Morgan fingerprint density at radius 2 is 1.79 bits per heavy atom. The van der Waals surface area contributed by atoms with Gasteiger partial charge in [-0.1, -0.05) is 24.3 Å². The minimum atomic E-state index is 0.633. The fraction of sp³-hybridized carbons (Fsp3) is 0.500. The summed E-state index contributed by atoms with van der Waals surface area (Å²) >= 11 is 0. The lowest BCUT2D eigenvalue weighted by Gasteiger charge is -2.22. The zero-order chi connectivity index (χ0) is 9.80. The van der Waals surface area contributed by atoms with Crippen molar-refractivity contribution in [2.24, 2.45) is 5.73 Å². The van der Waals surface area contributed by atoms with Gasteiger partial charge in [0.2, 0.25) is 0 Å². The van der Waals surface area contributed by atoms with Crippen LogP contribution in [-0.2, 0) is 11.3 Å². The molecule has 1 aliphatic heterocycles. The summed E-state index contributed by atoms with van der Waals surface area (Å²) in [5.74, 6) is 0.690. The Balaban J connectivity index is 2.07. The fourth-order valence-electron chi connectivity index (χ4n) is 1.96. The van der Waals surface area contributed by atoms with Crippen molar-refractivity contribution in [3.63, 3.8) is 0 Å². The first-order valence-corrected chi connectivity index (χ1v) is 5.27. The molecule has 0 saturated carbocycles. The van der Waals surface area contributed by atoms with Crippen molar-refractivity contribution in [3.05, 3.63) is 35.4 Å². The van der Waals surface area contributed by atoms with Gasteiger partial charge in [-0.3, -0.25) is 0 Å². The van der Waals surface area contributed by atoms with E-state index in [9.17, 15) is 0 Å². The maximum atomic E-state index is 5.56. The van der Waals surface area contributed by atoms with Crippen LogP contribution >= 0.6 is 0 Å². The molecule has 76 valence electrons. The Morgan fingerprint density at radius 1 is 1.14 bits per heavy atom. The van der Waals surface area contributed by atoms with Gasteiger partial charge in [0.15, 0.2) is 0 Å². The third-order valence-corrected chi connectivity index (χ3v) is 2.91. The lowest BCUT2D eigenvalue weighted by atomic mass is 9.91. The van der Waals surface area contributed by atoms with Gasteiger partial charge in [-0.05, 0) is 29.9 Å². The van der Waals surface area contributed by atoms with Crippen molar-refractivity contribution in [2.75, 3.05) is 13.2 Å². The Bertz CT molecular complexity index is 275. The van der Waals surface area contributed by atoms with Crippen LogP contribution in [0.2, 0.25) is 0 Å². The van der Waals surface area contributed by atoms with Gasteiger partial charge in [-0.2, -0.15) is 0 Å². The third kappa shape index (κ3) is 2.14. The van der Waals surface area contributed by atoms with Gasteiger partial charge >= 0.3 is 0 Å². The first kappa shape index (κ1) is 9.69. The van der Waals surface area contributed by atoms with Gasteiger partial charge in [0, 0.05) is 19.8 Å². The molecule has 2 N–H and O–H groups in total. The molecule has 14 heavy (non-hydrogen) atoms. The van der Waals surface area contributed by atoms with Gasteiger partial charge in [0.05, 0.1) is 0 Å². The highest BCUT2D eigenvalue weighted by Gasteiger charge is 2.15. The molecule has 1 aromatic rings. The van der Waals surface area contributed by atoms with Crippen molar-refractivity contribution >= 4 is 0 Å². The van der Waals surface area contributed by atoms with Gasteiger partial charge in [0.1, 0.15) is 0 Å². The van der Waals surface area contributed by atoms with E-state index in [1.54, 1.807) is 0 Å². The summed E-state index contributed by atoms with van der Waals surface area (Å²) in [6.45, 7) is 2.45. The molecule has 0 bridgehead atoms. The molecule has 0 aromatic heterocycles. The highest BCUT2D eigenvalue weighted by Crippen LogP contribution is 2.26. The predicted molar refractivity (Wildman–Crippen MR) is 57.1 cm³/mol. The predicted octanol–water partition coefficient (Wildman–Crippen LogP) is 2.04. The van der Waals surface area contributed by atoms with E-state index in [0.717, 1.165) is 26.1 Å². The second-order valence-electron chi connectivity index (χ2n) is 3.83. The second kappa shape index (κ2) is 4.58. The molecule has 1 heterocycles. The summed E-state index contributed by atoms with van der Waals surface area (Å²) in [5, 5.41) is 0. The Hall–Kier alpha value is -0.860. The quantitative estimate of drug-likeness (QED) is 0.776. The summed E-state index contributed by atoms with van der Waals surface area (Å²) in [6.07, 6.45) is 2.31. The van der Waals surface area contributed by atoms with Crippen LogP contribution in [-0.4, -0.2) is 13.2 Å². The number of hydrogen-bond donors (Lipinski definition) is 1. The van der Waals surface area contributed by atoms with Crippen LogP contribution < -0.4 is 5.73 Å². The lowest BCUT2D eigenvalue weighted by molar-refractivity contribution is 0.0853. The van der Waals surface area contributed by atoms with Gasteiger partial charge in [0.25, 0.3) is 0 Å². The lowest BCUT2D eigenvalue weighted by Crippen LogP contribution is -2.14. The minimum Gasteiger partial charge on any atom is -0.381 e. The van der Waals surface area contributed by atoms with Crippen LogP contribution in [0.3, 0.4) is 0 Å². The highest BCUT2D eigenvalue weighted by atomic mass is 16.5. The average molecular weight is 191 g/mol. The summed E-state index contributed by atoms with van der Waals surface area (Å²) in [7, 11) is 0. The molecule has 0 radical (unpaired) electrons. The molecule has 2 rings (SSSR count).